The molecule has 2 heterocycles. The molecule has 2 unspecified atom stereocenters. The van der Waals surface area contributed by atoms with E-state index in [0.717, 1.165) is 45.1 Å². The minimum Gasteiger partial charge on any atom is -0.380 e. The standard InChI is InChI=1S/C14H25N3O2/c1-19-12-8-13(15-9-12)14(18)17-6-4-16(5-7-17)10-11-2-3-11/h11-13,15H,2-10H2,1H3. The molecule has 2 aliphatic heterocycles. The first kappa shape index (κ1) is 13.3. The minimum atomic E-state index is -0.0278. The van der Waals surface area contributed by atoms with E-state index >= 15 is 0 Å². The summed E-state index contributed by atoms with van der Waals surface area (Å²) in [4.78, 5) is 16.9. The predicted molar refractivity (Wildman–Crippen MR) is 72.9 cm³/mol. The van der Waals surface area contributed by atoms with Crippen molar-refractivity contribution in [2.45, 2.75) is 31.4 Å². The number of hydrogen-bond donors (Lipinski definition) is 1. The first-order valence-electron chi connectivity index (χ1n) is 7.53. The van der Waals surface area contributed by atoms with Crippen molar-refractivity contribution >= 4 is 5.91 Å². The van der Waals surface area contributed by atoms with Crippen LogP contribution >= 0.6 is 0 Å². The summed E-state index contributed by atoms with van der Waals surface area (Å²) < 4.78 is 5.31. The van der Waals surface area contributed by atoms with Gasteiger partial charge in [0.1, 0.15) is 0 Å². The summed E-state index contributed by atoms with van der Waals surface area (Å²) in [6, 6.07) is -0.0278. The van der Waals surface area contributed by atoms with Crippen molar-refractivity contribution in [3.63, 3.8) is 0 Å². The summed E-state index contributed by atoms with van der Waals surface area (Å²) in [6.07, 6.45) is 3.83. The van der Waals surface area contributed by atoms with Gasteiger partial charge in [0, 0.05) is 46.4 Å². The Labute approximate surface area is 115 Å². The highest BCUT2D eigenvalue weighted by Crippen LogP contribution is 2.30. The largest absolute Gasteiger partial charge is 0.380 e. The molecule has 1 saturated carbocycles. The molecule has 2 atom stereocenters. The molecule has 0 aromatic rings. The molecule has 0 bridgehead atoms. The van der Waals surface area contributed by atoms with Gasteiger partial charge in [-0.3, -0.25) is 9.69 Å². The van der Waals surface area contributed by atoms with Gasteiger partial charge in [0.15, 0.2) is 0 Å². The molecule has 0 radical (unpaired) electrons. The van der Waals surface area contributed by atoms with Gasteiger partial charge in [-0.05, 0) is 25.2 Å². The molecule has 5 heteroatoms. The topological polar surface area (TPSA) is 44.8 Å². The number of carbonyl (C=O) groups excluding carboxylic acids is 1. The van der Waals surface area contributed by atoms with Gasteiger partial charge >= 0.3 is 0 Å². The third-order valence-corrected chi connectivity index (χ3v) is 4.62. The van der Waals surface area contributed by atoms with E-state index in [9.17, 15) is 4.79 Å². The lowest BCUT2D eigenvalue weighted by Crippen LogP contribution is -2.53. The summed E-state index contributed by atoms with van der Waals surface area (Å²) in [7, 11) is 1.72. The van der Waals surface area contributed by atoms with E-state index in [4.69, 9.17) is 4.74 Å². The lowest BCUT2D eigenvalue weighted by Gasteiger charge is -2.36. The van der Waals surface area contributed by atoms with Gasteiger partial charge < -0.3 is 15.0 Å². The van der Waals surface area contributed by atoms with Crippen molar-refractivity contribution in [2.75, 3.05) is 46.4 Å². The van der Waals surface area contributed by atoms with Crippen LogP contribution in [0.5, 0.6) is 0 Å². The molecule has 2 saturated heterocycles. The Kier molecular flexibility index (Phi) is 4.05. The first-order chi connectivity index (χ1) is 9.26. The lowest BCUT2D eigenvalue weighted by molar-refractivity contribution is -0.135. The van der Waals surface area contributed by atoms with Crippen LogP contribution in [0.25, 0.3) is 0 Å². The summed E-state index contributed by atoms with van der Waals surface area (Å²) in [5.41, 5.74) is 0. The SMILES string of the molecule is COC1CNC(C(=O)N2CCN(CC3CC3)CC2)C1. The van der Waals surface area contributed by atoms with Crippen LogP contribution in [0.3, 0.4) is 0 Å². The first-order valence-corrected chi connectivity index (χ1v) is 7.53. The Morgan fingerprint density at radius 1 is 1.26 bits per heavy atom. The van der Waals surface area contributed by atoms with Gasteiger partial charge in [-0.15, -0.1) is 0 Å². The Morgan fingerprint density at radius 2 is 2.00 bits per heavy atom. The number of rotatable bonds is 4. The molecular weight excluding hydrogens is 242 g/mol. The van der Waals surface area contributed by atoms with E-state index in [1.54, 1.807) is 7.11 Å². The van der Waals surface area contributed by atoms with Gasteiger partial charge in [0.05, 0.1) is 12.1 Å². The summed E-state index contributed by atoms with van der Waals surface area (Å²) >= 11 is 0. The van der Waals surface area contributed by atoms with Crippen LogP contribution in [0.2, 0.25) is 0 Å². The Hall–Kier alpha value is -0.650. The third kappa shape index (κ3) is 3.27. The van der Waals surface area contributed by atoms with Crippen molar-refractivity contribution in [3.05, 3.63) is 0 Å². The number of methoxy groups -OCH3 is 1. The minimum absolute atomic E-state index is 0.0278. The molecule has 3 aliphatic rings. The predicted octanol–water partition coefficient (Wildman–Crippen LogP) is -0.0825. The zero-order valence-electron chi connectivity index (χ0n) is 11.8. The van der Waals surface area contributed by atoms with Crippen molar-refractivity contribution in [3.8, 4) is 0 Å². The van der Waals surface area contributed by atoms with Gasteiger partial charge in [-0.2, -0.15) is 0 Å². The zero-order valence-corrected chi connectivity index (χ0v) is 11.8. The van der Waals surface area contributed by atoms with Crippen LogP contribution in [0.4, 0.5) is 0 Å². The molecule has 0 aromatic carbocycles. The smallest absolute Gasteiger partial charge is 0.239 e. The molecule has 1 amide bonds. The van der Waals surface area contributed by atoms with Crippen LogP contribution in [0.15, 0.2) is 0 Å². The molecule has 108 valence electrons. The molecule has 0 spiro atoms. The second-order valence-electron chi connectivity index (χ2n) is 6.12. The third-order valence-electron chi connectivity index (χ3n) is 4.62. The van der Waals surface area contributed by atoms with Gasteiger partial charge in [-0.1, -0.05) is 0 Å². The van der Waals surface area contributed by atoms with Crippen molar-refractivity contribution in [1.82, 2.24) is 15.1 Å². The summed E-state index contributed by atoms with van der Waals surface area (Å²) in [5.74, 6) is 1.21. The maximum absolute atomic E-state index is 12.4. The molecule has 19 heavy (non-hydrogen) atoms. The quantitative estimate of drug-likeness (QED) is 0.774. The second kappa shape index (κ2) is 5.77. The van der Waals surface area contributed by atoms with Crippen LogP contribution < -0.4 is 5.32 Å². The Balaban J connectivity index is 1.44. The molecule has 1 aliphatic carbocycles. The Morgan fingerprint density at radius 3 is 2.58 bits per heavy atom. The second-order valence-corrected chi connectivity index (χ2v) is 6.12. The monoisotopic (exact) mass is 267 g/mol. The van der Waals surface area contributed by atoms with Gasteiger partial charge in [0.2, 0.25) is 5.91 Å². The summed E-state index contributed by atoms with van der Waals surface area (Å²) in [5, 5.41) is 3.28. The van der Waals surface area contributed by atoms with E-state index in [2.05, 4.69) is 10.2 Å². The molecule has 5 nitrogen and oxygen atoms in total. The van der Waals surface area contributed by atoms with Crippen LogP contribution in [-0.2, 0) is 9.53 Å². The molecule has 1 N–H and O–H groups in total. The highest BCUT2D eigenvalue weighted by Gasteiger charge is 2.34. The Bertz CT molecular complexity index is 325. The van der Waals surface area contributed by atoms with E-state index in [1.807, 2.05) is 4.90 Å². The molecular formula is C14H25N3O2. The number of hydrogen-bond acceptors (Lipinski definition) is 4. The fourth-order valence-electron chi connectivity index (χ4n) is 3.11. The molecule has 3 rings (SSSR count). The molecule has 0 aromatic heterocycles. The van der Waals surface area contributed by atoms with Gasteiger partial charge in [-0.25, -0.2) is 0 Å². The van der Waals surface area contributed by atoms with Crippen molar-refractivity contribution in [2.24, 2.45) is 5.92 Å². The number of nitrogens with one attached hydrogen (secondary N) is 1. The number of piperazine rings is 1. The van der Waals surface area contributed by atoms with Crippen molar-refractivity contribution in [1.29, 1.82) is 0 Å². The van der Waals surface area contributed by atoms with E-state index in [-0.39, 0.29) is 18.1 Å². The van der Waals surface area contributed by atoms with Crippen LogP contribution in [-0.4, -0.2) is 74.2 Å². The molecule has 3 fully saturated rings. The average molecular weight is 267 g/mol. The summed E-state index contributed by atoms with van der Waals surface area (Å²) in [6.45, 7) is 5.91. The zero-order chi connectivity index (χ0) is 13.2. The number of nitrogens with zero attached hydrogens (tertiary/aromatic N) is 2. The average Bonchev–Trinajstić information content (AvgIpc) is 3.12. The lowest BCUT2D eigenvalue weighted by atomic mass is 10.1. The maximum atomic E-state index is 12.4. The highest BCUT2D eigenvalue weighted by molar-refractivity contribution is 5.82. The van der Waals surface area contributed by atoms with Crippen LogP contribution in [0.1, 0.15) is 19.3 Å². The van der Waals surface area contributed by atoms with E-state index < -0.39 is 0 Å². The maximum Gasteiger partial charge on any atom is 0.239 e. The van der Waals surface area contributed by atoms with Crippen molar-refractivity contribution < 1.29 is 9.53 Å². The number of carbonyl (C=O) groups is 1. The van der Waals surface area contributed by atoms with Crippen LogP contribution in [0, 0.1) is 5.92 Å². The highest BCUT2D eigenvalue weighted by atomic mass is 16.5. The number of ether oxygens (including phenoxy) is 1. The normalized spacial score (nSPS) is 32.8. The number of amides is 1. The van der Waals surface area contributed by atoms with Gasteiger partial charge in [0.25, 0.3) is 0 Å². The van der Waals surface area contributed by atoms with E-state index in [0.29, 0.717) is 0 Å². The van der Waals surface area contributed by atoms with E-state index in [1.165, 1.54) is 19.4 Å². The fourth-order valence-corrected chi connectivity index (χ4v) is 3.11. The fraction of sp³-hybridized carbons (Fsp3) is 0.929.